The van der Waals surface area contributed by atoms with Crippen molar-refractivity contribution in [2.75, 3.05) is 29.7 Å². The molecule has 0 aliphatic carbocycles. The first-order valence-electron chi connectivity index (χ1n) is 9.60. The van der Waals surface area contributed by atoms with E-state index in [9.17, 15) is 5.11 Å². The van der Waals surface area contributed by atoms with Crippen LogP contribution in [0.5, 0.6) is 11.5 Å². The first kappa shape index (κ1) is 19.8. The number of rotatable bonds is 7. The Morgan fingerprint density at radius 2 is 1.87 bits per heavy atom. The Morgan fingerprint density at radius 3 is 2.67 bits per heavy atom. The minimum absolute atomic E-state index is 0.0757. The van der Waals surface area contributed by atoms with Gasteiger partial charge in [0, 0.05) is 24.4 Å². The van der Waals surface area contributed by atoms with Crippen LogP contribution in [0.1, 0.15) is 5.56 Å². The van der Waals surface area contributed by atoms with Crippen molar-refractivity contribution in [1.29, 1.82) is 0 Å². The smallest absolute Gasteiger partial charge is 0.145 e. The summed E-state index contributed by atoms with van der Waals surface area (Å²) < 4.78 is 5.59. The quantitative estimate of drug-likeness (QED) is 0.320. The highest BCUT2D eigenvalue weighted by molar-refractivity contribution is 8.02. The molecule has 0 saturated carbocycles. The maximum atomic E-state index is 10.1. The van der Waals surface area contributed by atoms with E-state index in [1.165, 1.54) is 11.8 Å². The van der Waals surface area contributed by atoms with Crippen LogP contribution in [-0.4, -0.2) is 24.1 Å². The summed E-state index contributed by atoms with van der Waals surface area (Å²) in [6, 6.07) is 23.5. The van der Waals surface area contributed by atoms with Gasteiger partial charge in [-0.2, -0.15) is 10.2 Å². The summed E-state index contributed by atoms with van der Waals surface area (Å²) in [4.78, 5) is 0. The lowest BCUT2D eigenvalue weighted by atomic mass is 10.1. The van der Waals surface area contributed by atoms with Gasteiger partial charge in [0.2, 0.25) is 0 Å². The number of nitrogens with one attached hydrogen (secondary N) is 2. The first-order chi connectivity index (χ1) is 14.8. The molecule has 0 atom stereocenters. The molecule has 0 spiro atoms. The predicted octanol–water partition coefficient (Wildman–Crippen LogP) is 6.08. The van der Waals surface area contributed by atoms with Gasteiger partial charge in [0.15, 0.2) is 0 Å². The summed E-state index contributed by atoms with van der Waals surface area (Å²) >= 11 is 1.52. The number of para-hydroxylation sites is 1. The second-order valence-corrected chi connectivity index (χ2v) is 7.37. The van der Waals surface area contributed by atoms with E-state index in [-0.39, 0.29) is 5.75 Å². The molecule has 0 bridgehead atoms. The van der Waals surface area contributed by atoms with Crippen LogP contribution in [0.2, 0.25) is 0 Å². The number of thioether (sulfide) groups is 1. The number of hydrogen-bond acceptors (Lipinski definition) is 7. The first-order valence-corrected chi connectivity index (χ1v) is 10.6. The van der Waals surface area contributed by atoms with Crippen LogP contribution in [0, 0.1) is 0 Å². The molecule has 0 saturated heterocycles. The minimum atomic E-state index is 0.0757. The minimum Gasteiger partial charge on any atom is -0.506 e. The molecule has 4 rings (SSSR count). The molecule has 1 heterocycles. The zero-order valence-corrected chi connectivity index (χ0v) is 17.1. The molecule has 0 radical (unpaired) electrons. The van der Waals surface area contributed by atoms with Crippen molar-refractivity contribution < 1.29 is 9.84 Å². The molecule has 0 fully saturated rings. The average Bonchev–Trinajstić information content (AvgIpc) is 2.79. The molecule has 7 heteroatoms. The second kappa shape index (κ2) is 9.84. The molecule has 0 amide bonds. The van der Waals surface area contributed by atoms with Gasteiger partial charge in [-0.05, 0) is 23.1 Å². The van der Waals surface area contributed by atoms with Crippen LogP contribution in [0.3, 0.4) is 0 Å². The van der Waals surface area contributed by atoms with Gasteiger partial charge in [-0.1, -0.05) is 48.5 Å². The lowest BCUT2D eigenvalue weighted by Gasteiger charge is -2.19. The molecule has 30 heavy (non-hydrogen) atoms. The van der Waals surface area contributed by atoms with Crippen LogP contribution < -0.4 is 15.4 Å². The van der Waals surface area contributed by atoms with Crippen LogP contribution in [0.4, 0.5) is 17.1 Å². The van der Waals surface area contributed by atoms with Gasteiger partial charge in [-0.15, -0.1) is 11.8 Å². The lowest BCUT2D eigenvalue weighted by molar-refractivity contribution is 0.322. The van der Waals surface area contributed by atoms with Crippen molar-refractivity contribution in [3.05, 3.63) is 83.8 Å². The molecule has 0 aromatic heterocycles. The number of anilines is 2. The fourth-order valence-corrected chi connectivity index (χ4v) is 3.53. The van der Waals surface area contributed by atoms with Crippen molar-refractivity contribution in [2.45, 2.75) is 0 Å². The predicted molar refractivity (Wildman–Crippen MR) is 124 cm³/mol. The van der Waals surface area contributed by atoms with Crippen molar-refractivity contribution >= 4 is 34.5 Å². The highest BCUT2D eigenvalue weighted by Gasteiger charge is 2.13. The molecule has 0 unspecified atom stereocenters. The number of ether oxygens (including phenoxy) is 1. The number of hydrogen-bond donors (Lipinski definition) is 3. The number of fused-ring (bicyclic) bond motifs is 1. The molecular weight excluding hydrogens is 396 g/mol. The van der Waals surface area contributed by atoms with E-state index in [1.54, 1.807) is 12.1 Å². The summed E-state index contributed by atoms with van der Waals surface area (Å²) in [7, 11) is 0. The monoisotopic (exact) mass is 418 g/mol. The van der Waals surface area contributed by atoms with Crippen LogP contribution in [0.15, 0.2) is 88.4 Å². The standard InChI is InChI=1S/C23H22N4O2S/c28-22-13-20-23(29-12-11-24-20)14-19(22)27-25-16-30-15-21(17-7-3-1-4-8-17)26-18-9-5-2-6-10-18/h1-10,13-15,24,26,28H,11-12,16H2/b21-15-,27-25?. The Bertz CT molecular complexity index is 1040. The van der Waals surface area contributed by atoms with E-state index in [2.05, 4.69) is 33.0 Å². The molecule has 1 aliphatic rings. The lowest BCUT2D eigenvalue weighted by Crippen LogP contribution is -2.17. The summed E-state index contributed by atoms with van der Waals surface area (Å²) in [5.41, 5.74) is 4.26. The van der Waals surface area contributed by atoms with Crippen molar-refractivity contribution in [3.8, 4) is 11.5 Å². The van der Waals surface area contributed by atoms with E-state index in [0.29, 0.717) is 23.9 Å². The summed E-state index contributed by atoms with van der Waals surface area (Å²) in [5, 5.41) is 27.2. The summed E-state index contributed by atoms with van der Waals surface area (Å²) in [5.74, 6) is 1.17. The van der Waals surface area contributed by atoms with Crippen molar-refractivity contribution in [2.24, 2.45) is 10.2 Å². The third-order valence-corrected chi connectivity index (χ3v) is 5.07. The van der Waals surface area contributed by atoms with Crippen LogP contribution in [0.25, 0.3) is 5.70 Å². The Kier molecular flexibility index (Phi) is 6.51. The third-order valence-electron chi connectivity index (χ3n) is 4.40. The fourth-order valence-electron chi connectivity index (χ4n) is 2.97. The topological polar surface area (TPSA) is 78.2 Å². The van der Waals surface area contributed by atoms with Gasteiger partial charge in [0.25, 0.3) is 0 Å². The van der Waals surface area contributed by atoms with Gasteiger partial charge >= 0.3 is 0 Å². The Labute approximate surface area is 179 Å². The second-order valence-electron chi connectivity index (χ2n) is 6.54. The van der Waals surface area contributed by atoms with E-state index in [1.807, 2.05) is 53.9 Å². The van der Waals surface area contributed by atoms with Crippen molar-refractivity contribution in [1.82, 2.24) is 0 Å². The highest BCUT2D eigenvalue weighted by atomic mass is 32.2. The molecular formula is C23H22N4O2S. The van der Waals surface area contributed by atoms with Crippen LogP contribution in [-0.2, 0) is 0 Å². The van der Waals surface area contributed by atoms with E-state index < -0.39 is 0 Å². The van der Waals surface area contributed by atoms with Gasteiger partial charge in [-0.3, -0.25) is 0 Å². The maximum Gasteiger partial charge on any atom is 0.145 e. The zero-order chi connectivity index (χ0) is 20.6. The number of azo groups is 1. The highest BCUT2D eigenvalue weighted by Crippen LogP contribution is 2.38. The van der Waals surface area contributed by atoms with E-state index in [0.717, 1.165) is 29.2 Å². The average molecular weight is 419 g/mol. The zero-order valence-electron chi connectivity index (χ0n) is 16.3. The van der Waals surface area contributed by atoms with Gasteiger partial charge < -0.3 is 20.5 Å². The Hall–Kier alpha value is -3.45. The molecule has 3 aromatic carbocycles. The molecule has 3 aromatic rings. The van der Waals surface area contributed by atoms with Gasteiger partial charge in [-0.25, -0.2) is 0 Å². The number of aromatic hydroxyl groups is 1. The van der Waals surface area contributed by atoms with E-state index in [4.69, 9.17) is 4.74 Å². The normalized spacial score (nSPS) is 13.4. The number of phenols is 1. The molecule has 1 aliphatic heterocycles. The SMILES string of the molecule is Oc1cc2c(cc1N=NCS/C=C(\Nc1ccccc1)c1ccccc1)OCCN2. The van der Waals surface area contributed by atoms with Gasteiger partial charge in [0.1, 0.15) is 29.7 Å². The largest absolute Gasteiger partial charge is 0.506 e. The molecule has 152 valence electrons. The fraction of sp³-hybridized carbons (Fsp3) is 0.130. The van der Waals surface area contributed by atoms with Gasteiger partial charge in [0.05, 0.1) is 11.4 Å². The third kappa shape index (κ3) is 5.12. The summed E-state index contributed by atoms with van der Waals surface area (Å²) in [6.07, 6.45) is 0. The summed E-state index contributed by atoms with van der Waals surface area (Å²) in [6.45, 7) is 1.31. The number of phenolic OH excluding ortho intramolecular Hbond substituents is 1. The van der Waals surface area contributed by atoms with E-state index >= 15 is 0 Å². The number of benzene rings is 3. The molecule has 3 N–H and O–H groups in total. The van der Waals surface area contributed by atoms with Crippen LogP contribution >= 0.6 is 11.8 Å². The number of nitrogens with zero attached hydrogens (tertiary/aromatic N) is 2. The maximum absolute atomic E-state index is 10.1. The van der Waals surface area contributed by atoms with Crippen molar-refractivity contribution in [3.63, 3.8) is 0 Å². The Balaban J connectivity index is 1.43. The molecule has 6 nitrogen and oxygen atoms in total. The Morgan fingerprint density at radius 1 is 1.10 bits per heavy atom.